The molecule has 0 saturated heterocycles. The predicted octanol–water partition coefficient (Wildman–Crippen LogP) is -0.470. The Labute approximate surface area is 127 Å². The van der Waals surface area contributed by atoms with E-state index in [2.05, 4.69) is 0 Å². The van der Waals surface area contributed by atoms with Crippen molar-refractivity contribution in [1.82, 2.24) is 0 Å². The SMILES string of the molecule is COc1ccc([I-]c2ccccc2C(=O)O)cc1OC. The summed E-state index contributed by atoms with van der Waals surface area (Å²) >= 11 is -0.584. The molecule has 0 heterocycles. The van der Waals surface area contributed by atoms with Crippen LogP contribution in [0.3, 0.4) is 0 Å². The van der Waals surface area contributed by atoms with E-state index in [1.54, 1.807) is 26.4 Å². The summed E-state index contributed by atoms with van der Waals surface area (Å²) in [6.45, 7) is 0. The molecular formula is C15H14IO4-. The zero-order chi connectivity index (χ0) is 14.5. The molecular weight excluding hydrogens is 371 g/mol. The first-order valence-electron chi connectivity index (χ1n) is 5.85. The molecule has 2 aromatic rings. The third-order valence-electron chi connectivity index (χ3n) is 2.66. The minimum absolute atomic E-state index is 0.370. The first-order valence-corrected chi connectivity index (χ1v) is 8.00. The first kappa shape index (κ1) is 14.6. The maximum atomic E-state index is 11.2. The van der Waals surface area contributed by atoms with E-state index < -0.39 is 27.2 Å². The molecule has 20 heavy (non-hydrogen) atoms. The molecule has 0 aliphatic rings. The van der Waals surface area contributed by atoms with Gasteiger partial charge in [-0.1, -0.05) is 0 Å². The molecule has 1 N–H and O–H groups in total. The zero-order valence-electron chi connectivity index (χ0n) is 11.1. The van der Waals surface area contributed by atoms with Crippen LogP contribution in [-0.2, 0) is 0 Å². The van der Waals surface area contributed by atoms with E-state index in [9.17, 15) is 9.90 Å². The first-order chi connectivity index (χ1) is 9.65. The number of ether oxygens (including phenoxy) is 2. The van der Waals surface area contributed by atoms with Crippen LogP contribution in [-0.4, -0.2) is 25.3 Å². The second-order valence-electron chi connectivity index (χ2n) is 3.88. The normalized spacial score (nSPS) is 10.3. The van der Waals surface area contributed by atoms with Crippen LogP contribution < -0.4 is 30.7 Å². The van der Waals surface area contributed by atoms with Gasteiger partial charge in [0.05, 0.1) is 0 Å². The van der Waals surface area contributed by atoms with Crippen molar-refractivity contribution >= 4 is 5.97 Å². The summed E-state index contributed by atoms with van der Waals surface area (Å²) in [5.41, 5.74) is 0.370. The van der Waals surface area contributed by atoms with E-state index in [4.69, 9.17) is 9.47 Å². The molecule has 0 aliphatic heterocycles. The van der Waals surface area contributed by atoms with Gasteiger partial charge in [0.1, 0.15) is 0 Å². The molecule has 0 unspecified atom stereocenters. The maximum absolute atomic E-state index is 11.2. The van der Waals surface area contributed by atoms with Crippen LogP contribution in [0.15, 0.2) is 42.5 Å². The Morgan fingerprint density at radius 2 is 1.75 bits per heavy atom. The van der Waals surface area contributed by atoms with Crippen LogP contribution in [0.25, 0.3) is 0 Å². The second kappa shape index (κ2) is 6.60. The van der Waals surface area contributed by atoms with E-state index in [0.717, 1.165) is 7.14 Å². The van der Waals surface area contributed by atoms with Gasteiger partial charge in [-0.3, -0.25) is 0 Å². The van der Waals surface area contributed by atoms with Crippen molar-refractivity contribution < 1.29 is 40.6 Å². The van der Waals surface area contributed by atoms with Crippen molar-refractivity contribution in [3.05, 3.63) is 55.2 Å². The minimum atomic E-state index is -0.888. The number of benzene rings is 2. The van der Waals surface area contributed by atoms with Crippen LogP contribution >= 0.6 is 0 Å². The van der Waals surface area contributed by atoms with Crippen molar-refractivity contribution in [2.75, 3.05) is 14.2 Å². The van der Waals surface area contributed by atoms with Crippen LogP contribution in [0.5, 0.6) is 11.5 Å². The molecule has 0 atom stereocenters. The van der Waals surface area contributed by atoms with Gasteiger partial charge in [0.15, 0.2) is 0 Å². The molecule has 4 nitrogen and oxygen atoms in total. The van der Waals surface area contributed by atoms with Gasteiger partial charge in [0.2, 0.25) is 0 Å². The van der Waals surface area contributed by atoms with Gasteiger partial charge in [0, 0.05) is 0 Å². The zero-order valence-corrected chi connectivity index (χ0v) is 13.2. The summed E-state index contributed by atoms with van der Waals surface area (Å²) in [5.74, 6) is 0.449. The quantitative estimate of drug-likeness (QED) is 0.708. The topological polar surface area (TPSA) is 55.8 Å². The fourth-order valence-electron chi connectivity index (χ4n) is 1.70. The number of aromatic carboxylic acids is 1. The summed E-state index contributed by atoms with van der Waals surface area (Å²) in [5, 5.41) is 9.20. The fourth-order valence-corrected chi connectivity index (χ4v) is 4.26. The third-order valence-corrected chi connectivity index (χ3v) is 5.48. The van der Waals surface area contributed by atoms with Crippen molar-refractivity contribution in [1.29, 1.82) is 0 Å². The molecule has 0 amide bonds. The summed E-state index contributed by atoms with van der Waals surface area (Å²) in [6, 6.07) is 12.8. The third kappa shape index (κ3) is 3.22. The Balaban J connectivity index is 2.33. The van der Waals surface area contributed by atoms with E-state index in [0.29, 0.717) is 17.1 Å². The summed E-state index contributed by atoms with van der Waals surface area (Å²) in [7, 11) is 3.18. The number of hydrogen-bond donors (Lipinski definition) is 1. The second-order valence-corrected chi connectivity index (χ2v) is 6.83. The van der Waals surface area contributed by atoms with E-state index in [1.807, 2.05) is 30.3 Å². The molecule has 2 rings (SSSR count). The van der Waals surface area contributed by atoms with Gasteiger partial charge in [-0.25, -0.2) is 0 Å². The number of halogens is 1. The van der Waals surface area contributed by atoms with Crippen LogP contribution in [0.2, 0.25) is 0 Å². The van der Waals surface area contributed by atoms with Gasteiger partial charge < -0.3 is 0 Å². The Kier molecular flexibility index (Phi) is 4.84. The predicted molar refractivity (Wildman–Crippen MR) is 70.3 cm³/mol. The Bertz CT molecular complexity index is 625. The van der Waals surface area contributed by atoms with E-state index >= 15 is 0 Å². The average Bonchev–Trinajstić information content (AvgIpc) is 2.47. The fraction of sp³-hybridized carbons (Fsp3) is 0.133. The molecule has 0 bridgehead atoms. The molecule has 2 aromatic carbocycles. The molecule has 0 fully saturated rings. The van der Waals surface area contributed by atoms with E-state index in [1.165, 1.54) is 0 Å². The van der Waals surface area contributed by atoms with Crippen molar-refractivity contribution in [2.45, 2.75) is 0 Å². The van der Waals surface area contributed by atoms with E-state index in [-0.39, 0.29) is 0 Å². The number of carboxylic acids is 1. The Morgan fingerprint density at radius 3 is 2.40 bits per heavy atom. The number of hydrogen-bond acceptors (Lipinski definition) is 3. The van der Waals surface area contributed by atoms with Gasteiger partial charge in [-0.05, 0) is 0 Å². The molecule has 0 aromatic heterocycles. The van der Waals surface area contributed by atoms with Crippen molar-refractivity contribution in [3.63, 3.8) is 0 Å². The van der Waals surface area contributed by atoms with Crippen LogP contribution in [0.1, 0.15) is 10.4 Å². The molecule has 0 aliphatic carbocycles. The molecule has 106 valence electrons. The number of rotatable bonds is 5. The van der Waals surface area contributed by atoms with Crippen molar-refractivity contribution in [2.24, 2.45) is 0 Å². The average molecular weight is 385 g/mol. The number of carbonyl (C=O) groups is 1. The Hall–Kier alpha value is -1.76. The van der Waals surface area contributed by atoms with Crippen molar-refractivity contribution in [3.8, 4) is 11.5 Å². The molecule has 0 radical (unpaired) electrons. The standard InChI is InChI=1S/C15H14IO4/c1-19-13-8-7-10(9-14(13)20-2)16-12-6-4-3-5-11(12)15(17)18/h3-9H,1-2H3,(H,17,18)/q-1. The molecule has 5 heteroatoms. The van der Waals surface area contributed by atoms with Gasteiger partial charge in [-0.15, -0.1) is 0 Å². The summed E-state index contributed by atoms with van der Waals surface area (Å²) in [4.78, 5) is 11.2. The molecule has 0 saturated carbocycles. The van der Waals surface area contributed by atoms with Gasteiger partial charge in [-0.2, -0.15) is 0 Å². The van der Waals surface area contributed by atoms with Crippen LogP contribution in [0, 0.1) is 7.14 Å². The summed E-state index contributed by atoms with van der Waals surface area (Å²) in [6.07, 6.45) is 0. The van der Waals surface area contributed by atoms with Gasteiger partial charge >= 0.3 is 127 Å². The Morgan fingerprint density at radius 1 is 1.05 bits per heavy atom. The number of carboxylic acid groups (broad SMARTS) is 1. The number of methoxy groups -OCH3 is 2. The van der Waals surface area contributed by atoms with Crippen LogP contribution in [0.4, 0.5) is 0 Å². The summed E-state index contributed by atoms with van der Waals surface area (Å²) < 4.78 is 12.4. The monoisotopic (exact) mass is 385 g/mol. The molecule has 0 spiro atoms. The van der Waals surface area contributed by atoms with Gasteiger partial charge in [0.25, 0.3) is 0 Å².